The fourth-order valence-electron chi connectivity index (χ4n) is 8.22. The number of pyridine rings is 1. The van der Waals surface area contributed by atoms with Crippen LogP contribution in [0, 0.1) is 0 Å². The highest BCUT2D eigenvalue weighted by Gasteiger charge is 2.21. The van der Waals surface area contributed by atoms with Crippen LogP contribution in [0.2, 0.25) is 5.02 Å². The van der Waals surface area contributed by atoms with Gasteiger partial charge in [0.25, 0.3) is 0 Å². The van der Waals surface area contributed by atoms with Gasteiger partial charge in [-0.3, -0.25) is 4.79 Å². The van der Waals surface area contributed by atoms with Gasteiger partial charge >= 0.3 is 0 Å². The first-order valence-electron chi connectivity index (χ1n) is 25.3. The molecule has 3 aromatic heterocycles. The lowest BCUT2D eigenvalue weighted by Crippen LogP contribution is -2.31. The van der Waals surface area contributed by atoms with E-state index in [0.29, 0.717) is 128 Å². The molecule has 2 atom stereocenters. The van der Waals surface area contributed by atoms with Gasteiger partial charge in [0.15, 0.2) is 23.1 Å². The van der Waals surface area contributed by atoms with E-state index in [1.165, 1.54) is 0 Å². The first-order chi connectivity index (χ1) is 37.0. The molecule has 3 aromatic carbocycles. The monoisotopic (exact) mass is 1060 g/mol. The number of hydrogen-bond donors (Lipinski definition) is 5. The minimum absolute atomic E-state index is 0.116. The van der Waals surface area contributed by atoms with Gasteiger partial charge in [0.2, 0.25) is 11.8 Å². The number of benzene rings is 3. The highest BCUT2D eigenvalue weighted by Crippen LogP contribution is 2.36. The van der Waals surface area contributed by atoms with Crippen molar-refractivity contribution in [3.05, 3.63) is 96.1 Å². The van der Waals surface area contributed by atoms with Gasteiger partial charge in [-0.1, -0.05) is 23.7 Å². The molecule has 76 heavy (non-hydrogen) atoms. The molecule has 6 aromatic rings. The Hall–Kier alpha value is -6.91. The number of hydrogen-bond acceptors (Lipinski definition) is 19. The van der Waals surface area contributed by atoms with Crippen LogP contribution < -0.4 is 44.5 Å². The van der Waals surface area contributed by atoms with Crippen molar-refractivity contribution < 1.29 is 48.2 Å². The van der Waals surface area contributed by atoms with E-state index < -0.39 is 12.2 Å². The van der Waals surface area contributed by atoms with Gasteiger partial charge in [-0.15, -0.1) is 0 Å². The summed E-state index contributed by atoms with van der Waals surface area (Å²) in [6, 6.07) is 26.1. The minimum Gasteiger partial charge on any atom is -0.491 e. The summed E-state index contributed by atoms with van der Waals surface area (Å²) < 4.78 is 39.0. The third kappa shape index (κ3) is 16.8. The van der Waals surface area contributed by atoms with E-state index in [-0.39, 0.29) is 19.1 Å². The number of likely N-dealkylation sites (N-methyl/N-ethyl adjacent to an activating group) is 2. The molecule has 2 aliphatic rings. The van der Waals surface area contributed by atoms with Crippen molar-refractivity contribution in [3.63, 3.8) is 0 Å². The molecule has 21 heteroatoms. The molecule has 2 aliphatic heterocycles. The van der Waals surface area contributed by atoms with E-state index in [9.17, 15) is 15.0 Å². The van der Waals surface area contributed by atoms with Crippen LogP contribution in [0.25, 0.3) is 45.3 Å². The van der Waals surface area contributed by atoms with Crippen molar-refractivity contribution in [2.45, 2.75) is 31.5 Å². The van der Waals surface area contributed by atoms with Crippen molar-refractivity contribution in [1.82, 2.24) is 40.5 Å². The number of likely N-dealkylation sites (tertiary alicyclic amines) is 1. The Morgan fingerprint density at radius 3 is 2.12 bits per heavy atom. The van der Waals surface area contributed by atoms with Crippen molar-refractivity contribution in [2.75, 3.05) is 131 Å². The largest absolute Gasteiger partial charge is 0.491 e. The Morgan fingerprint density at radius 2 is 1.42 bits per heavy atom. The maximum atomic E-state index is 11.9. The number of nitrogens with one attached hydrogen (secondary N) is 3. The summed E-state index contributed by atoms with van der Waals surface area (Å²) in [7, 11) is 8.45. The first kappa shape index (κ1) is 56.8. The number of amides is 1. The van der Waals surface area contributed by atoms with Gasteiger partial charge < -0.3 is 69.1 Å². The molecule has 1 amide bonds. The van der Waals surface area contributed by atoms with E-state index in [4.69, 9.17) is 64.7 Å². The predicted molar refractivity (Wildman–Crippen MR) is 292 cm³/mol. The quantitative estimate of drug-likeness (QED) is 0.0379. The number of carbonyl (C=O) groups is 1. The number of anilines is 2. The molecule has 8 rings (SSSR count). The van der Waals surface area contributed by atoms with Gasteiger partial charge in [0.05, 0.1) is 31.7 Å². The Kier molecular flexibility index (Phi) is 22.0. The highest BCUT2D eigenvalue weighted by molar-refractivity contribution is 6.31. The first-order valence-corrected chi connectivity index (χ1v) is 25.7. The van der Waals surface area contributed by atoms with Crippen LogP contribution in [0.5, 0.6) is 28.9 Å². The van der Waals surface area contributed by atoms with Gasteiger partial charge in [0.1, 0.15) is 61.8 Å². The van der Waals surface area contributed by atoms with Crippen molar-refractivity contribution >= 4 is 29.1 Å². The Bertz CT molecular complexity index is 2790. The van der Waals surface area contributed by atoms with Crippen LogP contribution in [0.3, 0.4) is 0 Å². The van der Waals surface area contributed by atoms with Gasteiger partial charge in [-0.25, -0.2) is 24.9 Å². The standard InChI is InChI=1S/C29H35N5O5.C26H34ClN5O5/c1-30-18-22(35)19-39-23-6-2-5-21(15-23)29-32-24(20-8-9-25-26(16-20)38-14-13-37-25)17-27(33-29)31-10-4-12-34-11-3-7-28(34)36;1-28-16-21(33)17-37-22-12-19(11-20(27)14-22)26-30-23(18-5-6-29-25(13-18)36-4)15-24(31-26)32(7-9-34-2)8-10-35-3/h2,5-6,8-9,15-17,22,30,35H,3-4,7,10-14,18-19H2,1H3,(H,31,32,33);5-6,11-15,21,28,33H,7-10,16-17H2,1-4H3. The summed E-state index contributed by atoms with van der Waals surface area (Å²) in [5.74, 6) is 5.67. The molecule has 0 spiro atoms. The van der Waals surface area contributed by atoms with E-state index in [1.54, 1.807) is 53.8 Å². The summed E-state index contributed by atoms with van der Waals surface area (Å²) in [6.07, 6.45) is 2.82. The molecule has 1 fully saturated rings. The molecule has 5 heterocycles. The average Bonchev–Trinajstić information content (AvgIpc) is 3.87. The highest BCUT2D eigenvalue weighted by atomic mass is 35.5. The number of halogens is 1. The molecule has 0 bridgehead atoms. The van der Waals surface area contributed by atoms with Crippen LogP contribution in [-0.2, 0) is 14.3 Å². The van der Waals surface area contributed by atoms with Gasteiger partial charge in [-0.05, 0) is 81.5 Å². The second-order valence-corrected chi connectivity index (χ2v) is 18.3. The molecular formula is C55H69ClN10O10. The third-order valence-corrected chi connectivity index (χ3v) is 12.3. The van der Waals surface area contributed by atoms with Crippen molar-refractivity contribution in [1.29, 1.82) is 0 Å². The van der Waals surface area contributed by atoms with Crippen LogP contribution in [0.1, 0.15) is 19.3 Å². The number of rotatable bonds is 27. The van der Waals surface area contributed by atoms with Crippen molar-refractivity contribution in [3.8, 4) is 74.2 Å². The smallest absolute Gasteiger partial charge is 0.222 e. The Balaban J connectivity index is 0.000000222. The number of aliphatic hydroxyl groups is 2. The number of fused-ring (bicyclic) bond motifs is 1. The number of methoxy groups -OCH3 is 3. The number of aromatic nitrogens is 5. The second kappa shape index (κ2) is 29.4. The number of ether oxygens (including phenoxy) is 7. The number of aliphatic hydroxyl groups excluding tert-OH is 2. The summed E-state index contributed by atoms with van der Waals surface area (Å²) in [5, 5.41) is 29.8. The second-order valence-electron chi connectivity index (χ2n) is 17.8. The molecule has 0 radical (unpaired) electrons. The zero-order valence-corrected chi connectivity index (χ0v) is 44.6. The maximum Gasteiger partial charge on any atom is 0.222 e. The van der Waals surface area contributed by atoms with E-state index in [1.807, 2.05) is 77.7 Å². The minimum atomic E-state index is -0.657. The number of nitrogens with zero attached hydrogens (tertiary/aromatic N) is 7. The van der Waals surface area contributed by atoms with E-state index >= 15 is 0 Å². The zero-order chi connectivity index (χ0) is 53.7. The lowest BCUT2D eigenvalue weighted by Gasteiger charge is -2.24. The molecular weight excluding hydrogens is 996 g/mol. The summed E-state index contributed by atoms with van der Waals surface area (Å²) in [4.78, 5) is 39.5. The Morgan fingerprint density at radius 1 is 0.737 bits per heavy atom. The normalized spacial score (nSPS) is 13.6. The molecule has 0 saturated carbocycles. The molecule has 2 unspecified atom stereocenters. The van der Waals surface area contributed by atoms with Crippen LogP contribution in [0.4, 0.5) is 11.6 Å². The maximum absolute atomic E-state index is 11.9. The topological polar surface area (TPSA) is 229 Å². The van der Waals surface area contributed by atoms with E-state index in [2.05, 4.69) is 25.8 Å². The van der Waals surface area contributed by atoms with Crippen LogP contribution in [0.15, 0.2) is 91.1 Å². The lowest BCUT2D eigenvalue weighted by molar-refractivity contribution is -0.127. The summed E-state index contributed by atoms with van der Waals surface area (Å²) in [5.41, 5.74) is 4.60. The van der Waals surface area contributed by atoms with E-state index in [0.717, 1.165) is 54.1 Å². The summed E-state index contributed by atoms with van der Waals surface area (Å²) >= 11 is 6.43. The zero-order valence-electron chi connectivity index (χ0n) is 43.8. The molecule has 5 N–H and O–H groups in total. The molecule has 1 saturated heterocycles. The summed E-state index contributed by atoms with van der Waals surface area (Å²) in [6.45, 7) is 6.71. The number of carbonyl (C=O) groups excluding carboxylic acids is 1. The van der Waals surface area contributed by atoms with Crippen LogP contribution >= 0.6 is 11.6 Å². The predicted octanol–water partition coefficient (Wildman–Crippen LogP) is 5.89. The van der Waals surface area contributed by atoms with Gasteiger partial charge in [-0.2, -0.15) is 0 Å². The Labute approximate surface area is 449 Å². The fourth-order valence-corrected chi connectivity index (χ4v) is 8.44. The van der Waals surface area contributed by atoms with Crippen molar-refractivity contribution in [2.24, 2.45) is 0 Å². The third-order valence-electron chi connectivity index (χ3n) is 12.0. The van der Waals surface area contributed by atoms with Crippen LogP contribution in [-0.4, -0.2) is 179 Å². The van der Waals surface area contributed by atoms with Gasteiger partial charge in [0, 0.05) is 118 Å². The lowest BCUT2D eigenvalue weighted by atomic mass is 10.1. The SMILES string of the molecule is CNCC(O)COc1cc(Cl)cc(-c2nc(-c3ccnc(OC)c3)cc(N(CCOC)CCOC)n2)c1.CNCC(O)COc1cccc(-c2nc(NCCCN3CCCC3=O)cc(-c3ccc4c(c3)OCCO4)n2)c1. The molecule has 406 valence electrons. The molecule has 0 aliphatic carbocycles. The molecule has 20 nitrogen and oxygen atoms in total. The fraction of sp³-hybridized carbons (Fsp3) is 0.418. The average molecular weight is 1070 g/mol.